The quantitative estimate of drug-likeness (QED) is 0.733. The zero-order chi connectivity index (χ0) is 14.7. The van der Waals surface area contributed by atoms with Crippen molar-refractivity contribution in [2.24, 2.45) is 5.92 Å². The second-order valence-electron chi connectivity index (χ2n) is 4.95. The molecular formula is C10H19NO6S2. The normalized spacial score (nSPS) is 22.3. The van der Waals surface area contributed by atoms with Crippen LogP contribution >= 0.6 is 0 Å². The Morgan fingerprint density at radius 1 is 1.32 bits per heavy atom. The minimum atomic E-state index is -3.81. The highest BCUT2D eigenvalue weighted by atomic mass is 32.3. The van der Waals surface area contributed by atoms with Crippen molar-refractivity contribution in [1.29, 1.82) is 0 Å². The topological polar surface area (TPSA) is 109 Å². The maximum atomic E-state index is 11.9. The third-order valence-corrected chi connectivity index (χ3v) is 7.03. The van der Waals surface area contributed by atoms with Crippen molar-refractivity contribution in [2.45, 2.75) is 25.7 Å². The molecule has 1 rings (SSSR count). The fraction of sp³-hybridized carbons (Fsp3) is 0.900. The van der Waals surface area contributed by atoms with Gasteiger partial charge in [0.15, 0.2) is 14.9 Å². The highest BCUT2D eigenvalue weighted by Crippen LogP contribution is 2.23. The first-order valence-electron chi connectivity index (χ1n) is 5.97. The van der Waals surface area contributed by atoms with E-state index in [1.807, 2.05) is 0 Å². The van der Waals surface area contributed by atoms with E-state index in [2.05, 4.69) is 0 Å². The van der Waals surface area contributed by atoms with Gasteiger partial charge in [0.05, 0.1) is 0 Å². The van der Waals surface area contributed by atoms with Gasteiger partial charge in [-0.2, -0.15) is 0 Å². The highest BCUT2D eigenvalue weighted by molar-refractivity contribution is 8.06. The molecule has 19 heavy (non-hydrogen) atoms. The lowest BCUT2D eigenvalue weighted by Gasteiger charge is -2.31. The summed E-state index contributed by atoms with van der Waals surface area (Å²) < 4.78 is 47.2. The van der Waals surface area contributed by atoms with Gasteiger partial charge >= 0.3 is 5.97 Å². The Balaban J connectivity index is 2.66. The van der Waals surface area contributed by atoms with Gasteiger partial charge < -0.3 is 5.11 Å². The number of aliphatic carboxylic acids is 1. The molecule has 1 unspecified atom stereocenters. The van der Waals surface area contributed by atoms with Crippen LogP contribution in [0.1, 0.15) is 25.7 Å². The fourth-order valence-corrected chi connectivity index (χ4v) is 5.79. The van der Waals surface area contributed by atoms with Crippen molar-refractivity contribution in [1.82, 2.24) is 4.31 Å². The molecule has 0 bridgehead atoms. The Bertz CT molecular complexity index is 524. The first-order chi connectivity index (χ1) is 8.60. The predicted octanol–water partition coefficient (Wildman–Crippen LogP) is -0.105. The Morgan fingerprint density at radius 2 is 1.95 bits per heavy atom. The zero-order valence-electron chi connectivity index (χ0n) is 10.8. The molecule has 7 nitrogen and oxygen atoms in total. The molecule has 0 aromatic heterocycles. The van der Waals surface area contributed by atoms with Crippen LogP contribution in [-0.4, -0.2) is 56.6 Å². The summed E-state index contributed by atoms with van der Waals surface area (Å²) >= 11 is 0. The first kappa shape index (κ1) is 16.4. The van der Waals surface area contributed by atoms with E-state index in [1.165, 1.54) is 4.31 Å². The molecule has 0 aromatic rings. The van der Waals surface area contributed by atoms with Crippen molar-refractivity contribution in [2.75, 3.05) is 24.4 Å². The van der Waals surface area contributed by atoms with Gasteiger partial charge in [-0.3, -0.25) is 4.79 Å². The van der Waals surface area contributed by atoms with E-state index in [0.29, 0.717) is 19.4 Å². The van der Waals surface area contributed by atoms with Gasteiger partial charge in [-0.05, 0) is 25.2 Å². The molecule has 112 valence electrons. The summed E-state index contributed by atoms with van der Waals surface area (Å²) in [7, 11) is -7.41. The minimum absolute atomic E-state index is 0.00459. The number of carboxylic acids is 1. The Morgan fingerprint density at radius 3 is 2.47 bits per heavy atom. The summed E-state index contributed by atoms with van der Waals surface area (Å²) in [6.45, 7) is 0.520. The van der Waals surface area contributed by atoms with Crippen LogP contribution in [-0.2, 0) is 24.7 Å². The largest absolute Gasteiger partial charge is 0.481 e. The number of nitrogens with zero attached hydrogens (tertiary/aromatic N) is 1. The van der Waals surface area contributed by atoms with Gasteiger partial charge in [-0.1, -0.05) is 0 Å². The lowest BCUT2D eigenvalue weighted by molar-refractivity contribution is -0.137. The van der Waals surface area contributed by atoms with Crippen LogP contribution < -0.4 is 0 Å². The SMILES string of the molecule is CS(=O)(=O)CS(=O)(=O)N1CCCC(CCC(=O)O)C1. The molecule has 1 aliphatic rings. The molecule has 1 aliphatic heterocycles. The lowest BCUT2D eigenvalue weighted by atomic mass is 9.95. The van der Waals surface area contributed by atoms with E-state index in [0.717, 1.165) is 12.7 Å². The van der Waals surface area contributed by atoms with Crippen LogP contribution in [0.3, 0.4) is 0 Å². The molecule has 1 saturated heterocycles. The summed E-state index contributed by atoms with van der Waals surface area (Å²) in [5.41, 5.74) is 0. The molecule has 1 N–H and O–H groups in total. The van der Waals surface area contributed by atoms with Crippen LogP contribution in [0.5, 0.6) is 0 Å². The summed E-state index contributed by atoms with van der Waals surface area (Å²) in [6.07, 6.45) is 2.71. The maximum absolute atomic E-state index is 11.9. The number of hydrogen-bond acceptors (Lipinski definition) is 5. The van der Waals surface area contributed by atoms with E-state index < -0.39 is 30.9 Å². The Labute approximate surface area is 113 Å². The number of piperidine rings is 1. The van der Waals surface area contributed by atoms with Crippen LogP contribution in [0.4, 0.5) is 0 Å². The molecule has 0 aliphatic carbocycles. The average molecular weight is 313 g/mol. The molecule has 1 heterocycles. The van der Waals surface area contributed by atoms with E-state index in [9.17, 15) is 21.6 Å². The van der Waals surface area contributed by atoms with E-state index in [4.69, 9.17) is 5.11 Å². The third kappa shape index (κ3) is 5.87. The number of sulfonamides is 1. The molecule has 0 spiro atoms. The monoisotopic (exact) mass is 313 g/mol. The molecule has 0 amide bonds. The number of rotatable bonds is 6. The van der Waals surface area contributed by atoms with Crippen molar-refractivity contribution in [3.05, 3.63) is 0 Å². The van der Waals surface area contributed by atoms with Crippen LogP contribution in [0, 0.1) is 5.92 Å². The minimum Gasteiger partial charge on any atom is -0.481 e. The molecule has 0 aromatic carbocycles. The maximum Gasteiger partial charge on any atom is 0.303 e. The zero-order valence-corrected chi connectivity index (χ0v) is 12.4. The van der Waals surface area contributed by atoms with Gasteiger partial charge in [0, 0.05) is 25.8 Å². The second-order valence-corrected chi connectivity index (χ2v) is 9.43. The Hall–Kier alpha value is -0.670. The number of hydrogen-bond donors (Lipinski definition) is 1. The van der Waals surface area contributed by atoms with Gasteiger partial charge in [0.2, 0.25) is 10.0 Å². The highest BCUT2D eigenvalue weighted by Gasteiger charge is 2.31. The van der Waals surface area contributed by atoms with Crippen LogP contribution in [0.15, 0.2) is 0 Å². The standard InChI is InChI=1S/C10H19NO6S2/c1-18(14,15)8-19(16,17)11-6-2-3-9(7-11)4-5-10(12)13/h9H,2-8H2,1H3,(H,12,13). The van der Waals surface area contributed by atoms with Gasteiger partial charge in [0.1, 0.15) is 0 Å². The fourth-order valence-electron chi connectivity index (χ4n) is 2.19. The average Bonchev–Trinajstić information content (AvgIpc) is 2.23. The summed E-state index contributed by atoms with van der Waals surface area (Å²) in [5, 5.41) is 7.73. The van der Waals surface area contributed by atoms with E-state index >= 15 is 0 Å². The van der Waals surface area contributed by atoms with Gasteiger partial charge in [-0.25, -0.2) is 21.1 Å². The van der Waals surface area contributed by atoms with E-state index in [-0.39, 0.29) is 18.9 Å². The summed E-state index contributed by atoms with van der Waals surface area (Å²) in [6, 6.07) is 0. The van der Waals surface area contributed by atoms with Crippen molar-refractivity contribution >= 4 is 25.8 Å². The van der Waals surface area contributed by atoms with Crippen molar-refractivity contribution < 1.29 is 26.7 Å². The van der Waals surface area contributed by atoms with Crippen LogP contribution in [0.25, 0.3) is 0 Å². The molecule has 0 saturated carbocycles. The third-order valence-electron chi connectivity index (χ3n) is 3.00. The predicted molar refractivity (Wildman–Crippen MR) is 69.8 cm³/mol. The Kier molecular flexibility index (Phi) is 5.34. The molecule has 0 radical (unpaired) electrons. The smallest absolute Gasteiger partial charge is 0.303 e. The van der Waals surface area contributed by atoms with Crippen LogP contribution in [0.2, 0.25) is 0 Å². The van der Waals surface area contributed by atoms with Crippen molar-refractivity contribution in [3.8, 4) is 0 Å². The second kappa shape index (κ2) is 6.19. The molecule has 1 atom stereocenters. The molecule has 9 heteroatoms. The molecular weight excluding hydrogens is 294 g/mol. The summed E-state index contributed by atoms with van der Waals surface area (Å²) in [5.74, 6) is -0.921. The summed E-state index contributed by atoms with van der Waals surface area (Å²) in [4.78, 5) is 10.5. The van der Waals surface area contributed by atoms with E-state index in [1.54, 1.807) is 0 Å². The number of carbonyl (C=O) groups is 1. The van der Waals surface area contributed by atoms with Gasteiger partial charge in [0.25, 0.3) is 0 Å². The number of sulfone groups is 1. The van der Waals surface area contributed by atoms with Gasteiger partial charge in [-0.15, -0.1) is 0 Å². The lowest BCUT2D eigenvalue weighted by Crippen LogP contribution is -2.42. The molecule has 1 fully saturated rings. The first-order valence-corrected chi connectivity index (χ1v) is 9.64. The number of carboxylic acid groups (broad SMARTS) is 1. The van der Waals surface area contributed by atoms with Crippen molar-refractivity contribution in [3.63, 3.8) is 0 Å².